The Balaban J connectivity index is 1.25. The quantitative estimate of drug-likeness (QED) is 0.400. The number of aliphatic hydroxyl groups is 2. The SMILES string of the molecule is O=C1C2C=CC=C(N3CC(CN4CCNCC4)C3)C2C(=O)N1C1CCC(O)NC1O. The van der Waals surface area contributed by atoms with Gasteiger partial charge in [-0.15, -0.1) is 0 Å². The highest BCUT2D eigenvalue weighted by atomic mass is 16.3. The molecule has 4 N–H and O–H groups in total. The first-order valence-corrected chi connectivity index (χ1v) is 11.1. The molecule has 30 heavy (non-hydrogen) atoms. The zero-order chi connectivity index (χ0) is 20.8. The van der Waals surface area contributed by atoms with Gasteiger partial charge in [-0.3, -0.25) is 19.8 Å². The van der Waals surface area contributed by atoms with Crippen LogP contribution in [0.5, 0.6) is 0 Å². The summed E-state index contributed by atoms with van der Waals surface area (Å²) in [7, 11) is 0. The van der Waals surface area contributed by atoms with Gasteiger partial charge in [0.05, 0.1) is 17.9 Å². The lowest BCUT2D eigenvalue weighted by molar-refractivity contribution is -0.149. The van der Waals surface area contributed by atoms with E-state index in [0.717, 1.165) is 51.5 Å². The molecule has 5 unspecified atom stereocenters. The summed E-state index contributed by atoms with van der Waals surface area (Å²) in [6, 6.07) is -0.634. The number of allylic oxidation sites excluding steroid dienone is 2. The number of imide groups is 1. The summed E-state index contributed by atoms with van der Waals surface area (Å²) in [4.78, 5) is 32.4. The summed E-state index contributed by atoms with van der Waals surface area (Å²) < 4.78 is 0. The number of aliphatic hydroxyl groups excluding tert-OH is 2. The molecule has 9 nitrogen and oxygen atoms in total. The number of nitrogens with zero attached hydrogens (tertiary/aromatic N) is 3. The van der Waals surface area contributed by atoms with E-state index in [1.807, 2.05) is 18.2 Å². The van der Waals surface area contributed by atoms with Crippen molar-refractivity contribution in [2.75, 3.05) is 45.8 Å². The molecule has 5 rings (SSSR count). The fourth-order valence-corrected chi connectivity index (χ4v) is 5.53. The average molecular weight is 418 g/mol. The highest BCUT2D eigenvalue weighted by Gasteiger charge is 2.54. The van der Waals surface area contributed by atoms with Crippen molar-refractivity contribution in [2.45, 2.75) is 31.3 Å². The Morgan fingerprint density at radius 1 is 1.07 bits per heavy atom. The third-order valence-corrected chi connectivity index (χ3v) is 7.13. The topological polar surface area (TPSA) is 108 Å². The number of hydrogen-bond donors (Lipinski definition) is 4. The Bertz CT molecular complexity index is 758. The van der Waals surface area contributed by atoms with Crippen molar-refractivity contribution in [2.24, 2.45) is 17.8 Å². The van der Waals surface area contributed by atoms with Crippen LogP contribution in [0.15, 0.2) is 23.9 Å². The van der Waals surface area contributed by atoms with Crippen LogP contribution in [0.4, 0.5) is 0 Å². The lowest BCUT2D eigenvalue weighted by atomic mass is 9.84. The van der Waals surface area contributed by atoms with Gasteiger partial charge >= 0.3 is 0 Å². The van der Waals surface area contributed by atoms with Gasteiger partial charge in [0.2, 0.25) is 11.8 Å². The molecule has 0 aromatic rings. The van der Waals surface area contributed by atoms with E-state index in [4.69, 9.17) is 0 Å². The molecular weight excluding hydrogens is 386 g/mol. The number of likely N-dealkylation sites (tertiary alicyclic amines) is 2. The number of fused-ring (bicyclic) bond motifs is 1. The van der Waals surface area contributed by atoms with Crippen molar-refractivity contribution < 1.29 is 19.8 Å². The third kappa shape index (κ3) is 3.48. The number of piperazine rings is 1. The molecule has 164 valence electrons. The molecule has 4 fully saturated rings. The second-order valence-electron chi connectivity index (χ2n) is 9.12. The van der Waals surface area contributed by atoms with Gasteiger partial charge < -0.3 is 25.3 Å². The first-order chi connectivity index (χ1) is 14.5. The number of nitrogens with one attached hydrogen (secondary N) is 2. The van der Waals surface area contributed by atoms with Crippen molar-refractivity contribution in [3.8, 4) is 0 Å². The maximum absolute atomic E-state index is 13.3. The monoisotopic (exact) mass is 417 g/mol. The largest absolute Gasteiger partial charge is 0.379 e. The van der Waals surface area contributed by atoms with Crippen LogP contribution in [-0.2, 0) is 9.59 Å². The van der Waals surface area contributed by atoms with Crippen LogP contribution >= 0.6 is 0 Å². The lowest BCUT2D eigenvalue weighted by Crippen LogP contribution is -2.58. The smallest absolute Gasteiger partial charge is 0.239 e. The summed E-state index contributed by atoms with van der Waals surface area (Å²) in [5.41, 5.74) is 0.929. The van der Waals surface area contributed by atoms with Crippen LogP contribution < -0.4 is 10.6 Å². The van der Waals surface area contributed by atoms with Crippen LogP contribution in [0.3, 0.4) is 0 Å². The van der Waals surface area contributed by atoms with E-state index in [1.165, 1.54) is 4.90 Å². The predicted octanol–water partition coefficient (Wildman–Crippen LogP) is -1.73. The number of piperidine rings is 1. The number of carbonyl (C=O) groups is 2. The average Bonchev–Trinajstić information content (AvgIpc) is 2.96. The molecule has 4 aliphatic heterocycles. The second kappa shape index (κ2) is 8.05. The summed E-state index contributed by atoms with van der Waals surface area (Å²) in [6.07, 6.45) is 4.53. The van der Waals surface area contributed by atoms with E-state index < -0.39 is 30.3 Å². The number of amides is 2. The minimum absolute atomic E-state index is 0.228. The number of rotatable bonds is 4. The molecule has 0 aromatic carbocycles. The van der Waals surface area contributed by atoms with E-state index >= 15 is 0 Å². The van der Waals surface area contributed by atoms with Crippen molar-refractivity contribution in [1.29, 1.82) is 0 Å². The van der Waals surface area contributed by atoms with Gasteiger partial charge in [0.25, 0.3) is 0 Å². The molecule has 0 radical (unpaired) electrons. The second-order valence-corrected chi connectivity index (χ2v) is 9.12. The molecule has 4 saturated heterocycles. The molecule has 0 saturated carbocycles. The lowest BCUT2D eigenvalue weighted by Gasteiger charge is -2.46. The zero-order valence-electron chi connectivity index (χ0n) is 17.1. The van der Waals surface area contributed by atoms with Gasteiger partial charge in [0.15, 0.2) is 0 Å². The fourth-order valence-electron chi connectivity index (χ4n) is 5.53. The van der Waals surface area contributed by atoms with Crippen LogP contribution in [0.1, 0.15) is 12.8 Å². The number of hydrogen-bond acceptors (Lipinski definition) is 8. The minimum atomic E-state index is -1.11. The van der Waals surface area contributed by atoms with Gasteiger partial charge in [-0.25, -0.2) is 0 Å². The van der Waals surface area contributed by atoms with E-state index in [9.17, 15) is 19.8 Å². The molecule has 4 heterocycles. The molecule has 0 spiro atoms. The zero-order valence-corrected chi connectivity index (χ0v) is 17.1. The van der Waals surface area contributed by atoms with E-state index in [-0.39, 0.29) is 11.8 Å². The normalized spacial score (nSPS) is 37.9. The highest BCUT2D eigenvalue weighted by molar-refractivity contribution is 6.08. The molecule has 9 heteroatoms. The summed E-state index contributed by atoms with van der Waals surface area (Å²) in [5.74, 6) is -0.881. The van der Waals surface area contributed by atoms with Crippen LogP contribution in [0, 0.1) is 17.8 Å². The fraction of sp³-hybridized carbons (Fsp3) is 0.714. The Kier molecular flexibility index (Phi) is 5.40. The standard InChI is InChI=1S/C21H31N5O4/c27-17-5-4-16(19(28)23-17)26-20(29)14-2-1-3-15(18(14)21(26)30)25-11-13(12-25)10-24-8-6-22-7-9-24/h1-3,13-14,16-19,22-23,27-28H,4-12H2. The minimum Gasteiger partial charge on any atom is -0.379 e. The Labute approximate surface area is 176 Å². The summed E-state index contributed by atoms with van der Waals surface area (Å²) in [6.45, 7) is 7.16. The molecule has 1 aliphatic carbocycles. The van der Waals surface area contributed by atoms with Crippen molar-refractivity contribution >= 4 is 11.8 Å². The van der Waals surface area contributed by atoms with Crippen molar-refractivity contribution in [3.05, 3.63) is 23.9 Å². The van der Waals surface area contributed by atoms with Gasteiger partial charge in [-0.05, 0) is 18.9 Å². The third-order valence-electron chi connectivity index (χ3n) is 7.13. The Morgan fingerprint density at radius 2 is 1.83 bits per heavy atom. The molecule has 5 aliphatic rings. The number of carbonyl (C=O) groups excluding carboxylic acids is 2. The van der Waals surface area contributed by atoms with E-state index in [0.29, 0.717) is 18.8 Å². The van der Waals surface area contributed by atoms with Gasteiger partial charge in [-0.2, -0.15) is 0 Å². The van der Waals surface area contributed by atoms with Crippen molar-refractivity contribution in [3.63, 3.8) is 0 Å². The first kappa shape index (κ1) is 20.1. The summed E-state index contributed by atoms with van der Waals surface area (Å²) in [5, 5.41) is 26.0. The van der Waals surface area contributed by atoms with Crippen LogP contribution in [-0.4, -0.2) is 101 Å². The van der Waals surface area contributed by atoms with Crippen LogP contribution in [0.2, 0.25) is 0 Å². The summed E-state index contributed by atoms with van der Waals surface area (Å²) >= 11 is 0. The molecule has 0 aromatic heterocycles. The Morgan fingerprint density at radius 3 is 2.57 bits per heavy atom. The maximum Gasteiger partial charge on any atom is 0.239 e. The Hall–Kier alpha value is -1.78. The highest BCUT2D eigenvalue weighted by Crippen LogP contribution is 2.41. The molecule has 0 bridgehead atoms. The van der Waals surface area contributed by atoms with Gasteiger partial charge in [0, 0.05) is 57.4 Å². The molecule has 2 amide bonds. The first-order valence-electron chi connectivity index (χ1n) is 11.1. The van der Waals surface area contributed by atoms with E-state index in [1.54, 1.807) is 0 Å². The predicted molar refractivity (Wildman–Crippen MR) is 109 cm³/mol. The molecule has 5 atom stereocenters. The maximum atomic E-state index is 13.3. The van der Waals surface area contributed by atoms with Crippen LogP contribution in [0.25, 0.3) is 0 Å². The van der Waals surface area contributed by atoms with Crippen molar-refractivity contribution in [1.82, 2.24) is 25.3 Å². The van der Waals surface area contributed by atoms with Gasteiger partial charge in [0.1, 0.15) is 12.5 Å². The van der Waals surface area contributed by atoms with E-state index in [2.05, 4.69) is 20.4 Å². The van der Waals surface area contributed by atoms with Gasteiger partial charge in [-0.1, -0.05) is 12.2 Å². The molecular formula is C21H31N5O4.